The summed E-state index contributed by atoms with van der Waals surface area (Å²) < 4.78 is 64.2. The predicted octanol–water partition coefficient (Wildman–Crippen LogP) is 4.61. The van der Waals surface area contributed by atoms with Gasteiger partial charge in [-0.1, -0.05) is 12.1 Å². The fourth-order valence-electron chi connectivity index (χ4n) is 5.91. The Hall–Kier alpha value is -3.31. The minimum absolute atomic E-state index is 0.0337. The number of carbonyl (C=O) groups is 1. The lowest BCUT2D eigenvalue weighted by atomic mass is 9.75. The summed E-state index contributed by atoms with van der Waals surface area (Å²) in [6, 6.07) is 9.57. The molecule has 7 nitrogen and oxygen atoms in total. The number of nitrogens with zero attached hydrogens (tertiary/aromatic N) is 5. The topological polar surface area (TPSA) is 63.5 Å². The van der Waals surface area contributed by atoms with Gasteiger partial charge in [0.1, 0.15) is 17.8 Å². The molecule has 2 aromatic carbocycles. The highest BCUT2D eigenvalue weighted by atomic mass is 19.4. The number of likely N-dealkylation sites (tertiary alicyclic amines) is 1. The maximum absolute atomic E-state index is 14.2. The van der Waals surface area contributed by atoms with Gasteiger partial charge in [-0.2, -0.15) is 13.2 Å². The zero-order chi connectivity index (χ0) is 27.7. The molecule has 0 spiro atoms. The number of ether oxygens (including phenoxy) is 1. The molecule has 0 aliphatic carbocycles. The monoisotopic (exact) mass is 543 g/mol. The van der Waals surface area contributed by atoms with Crippen LogP contribution in [0.1, 0.15) is 58.3 Å². The lowest BCUT2D eigenvalue weighted by Crippen LogP contribution is -2.57. The van der Waals surface area contributed by atoms with Crippen LogP contribution < -0.4 is 4.90 Å². The van der Waals surface area contributed by atoms with E-state index < -0.39 is 29.4 Å². The van der Waals surface area contributed by atoms with E-state index in [1.54, 1.807) is 30.3 Å². The second-order valence-corrected chi connectivity index (χ2v) is 11.3. The number of aryl methyl sites for hydroxylation is 1. The van der Waals surface area contributed by atoms with Crippen LogP contribution in [-0.4, -0.2) is 57.5 Å². The van der Waals surface area contributed by atoms with Crippen molar-refractivity contribution in [2.24, 2.45) is 7.05 Å². The van der Waals surface area contributed by atoms with Crippen LogP contribution in [0, 0.1) is 0 Å². The number of fused-ring (bicyclic) bond motifs is 1. The molecule has 1 atom stereocenters. The van der Waals surface area contributed by atoms with Gasteiger partial charge in [-0.3, -0.25) is 9.69 Å². The molecule has 3 aromatic rings. The minimum atomic E-state index is -4.63. The van der Waals surface area contributed by atoms with Crippen molar-refractivity contribution in [2.75, 3.05) is 31.2 Å². The number of aromatic nitrogens is 3. The fraction of sp³-hybridized carbons (Fsp3) is 0.464. The summed E-state index contributed by atoms with van der Waals surface area (Å²) in [4.78, 5) is 16.8. The highest BCUT2D eigenvalue weighted by Crippen LogP contribution is 2.43. The van der Waals surface area contributed by atoms with E-state index in [1.165, 1.54) is 11.8 Å². The van der Waals surface area contributed by atoms with E-state index in [-0.39, 0.29) is 36.2 Å². The van der Waals surface area contributed by atoms with Gasteiger partial charge < -0.3 is 14.2 Å². The van der Waals surface area contributed by atoms with Crippen molar-refractivity contribution < 1.29 is 27.1 Å². The van der Waals surface area contributed by atoms with Crippen LogP contribution in [0.3, 0.4) is 0 Å². The molecule has 3 aliphatic rings. The quantitative estimate of drug-likeness (QED) is 0.425. The highest BCUT2D eigenvalue weighted by molar-refractivity contribution is 6.10. The Labute approximate surface area is 223 Å². The number of anilines is 1. The van der Waals surface area contributed by atoms with E-state index >= 15 is 0 Å². The zero-order valence-corrected chi connectivity index (χ0v) is 21.9. The summed E-state index contributed by atoms with van der Waals surface area (Å²) in [6.45, 7) is 4.24. The summed E-state index contributed by atoms with van der Waals surface area (Å²) >= 11 is 0. The van der Waals surface area contributed by atoms with Gasteiger partial charge in [-0.05, 0) is 54.8 Å². The first kappa shape index (κ1) is 25.9. The lowest BCUT2D eigenvalue weighted by molar-refractivity contribution is -0.138. The van der Waals surface area contributed by atoms with Crippen LogP contribution in [0.15, 0.2) is 42.7 Å². The average Bonchev–Trinajstić information content (AvgIpc) is 3.40. The molecule has 0 bridgehead atoms. The molecule has 0 N–H and O–H groups in total. The van der Waals surface area contributed by atoms with Crippen LogP contribution >= 0.6 is 0 Å². The van der Waals surface area contributed by atoms with Gasteiger partial charge in [0.25, 0.3) is 5.91 Å². The third-order valence-corrected chi connectivity index (χ3v) is 8.29. The number of carbonyl (C=O) groups excluding carboxylic acids is 1. The Kier molecular flexibility index (Phi) is 5.89. The van der Waals surface area contributed by atoms with Crippen molar-refractivity contribution in [2.45, 2.75) is 50.1 Å². The SMILES string of the molecule is CC(c1cc2c(c(C(F)(F)F)c1)CN(c1cccc(C3(Cc4nncn4C)COC3)c1)C2=O)N1CC(C)(F)C1. The Morgan fingerprint density at radius 3 is 2.49 bits per heavy atom. The van der Waals surface area contributed by atoms with E-state index in [9.17, 15) is 22.4 Å². The summed E-state index contributed by atoms with van der Waals surface area (Å²) in [5.74, 6) is 0.313. The molecule has 0 radical (unpaired) electrons. The number of amides is 1. The molecule has 206 valence electrons. The second kappa shape index (κ2) is 8.85. The number of benzene rings is 2. The molecule has 1 amide bonds. The molecule has 2 saturated heterocycles. The average molecular weight is 544 g/mol. The Bertz CT molecular complexity index is 1440. The number of alkyl halides is 4. The first-order chi connectivity index (χ1) is 18.4. The van der Waals surface area contributed by atoms with Crippen molar-refractivity contribution in [1.82, 2.24) is 19.7 Å². The van der Waals surface area contributed by atoms with Crippen LogP contribution in [0.4, 0.5) is 23.2 Å². The molecule has 1 unspecified atom stereocenters. The van der Waals surface area contributed by atoms with Crippen LogP contribution in [0.2, 0.25) is 0 Å². The van der Waals surface area contributed by atoms with Crippen molar-refractivity contribution in [3.8, 4) is 0 Å². The van der Waals surface area contributed by atoms with Crippen molar-refractivity contribution in [1.29, 1.82) is 0 Å². The van der Waals surface area contributed by atoms with Crippen LogP contribution in [-0.2, 0) is 36.3 Å². The maximum atomic E-state index is 14.2. The van der Waals surface area contributed by atoms with E-state index in [2.05, 4.69) is 10.2 Å². The van der Waals surface area contributed by atoms with Gasteiger partial charge in [-0.15, -0.1) is 10.2 Å². The number of hydrogen-bond donors (Lipinski definition) is 0. The van der Waals surface area contributed by atoms with E-state index in [4.69, 9.17) is 4.74 Å². The number of rotatable bonds is 6. The highest BCUT2D eigenvalue weighted by Gasteiger charge is 2.45. The number of halogens is 4. The summed E-state index contributed by atoms with van der Waals surface area (Å²) in [6.07, 6.45) is -2.43. The molecular formula is C28H29F4N5O2. The first-order valence-electron chi connectivity index (χ1n) is 12.9. The van der Waals surface area contributed by atoms with Crippen molar-refractivity contribution >= 4 is 11.6 Å². The molecule has 3 aliphatic heterocycles. The van der Waals surface area contributed by atoms with E-state index in [1.807, 2.05) is 29.8 Å². The first-order valence-corrected chi connectivity index (χ1v) is 12.9. The van der Waals surface area contributed by atoms with Crippen LogP contribution in [0.5, 0.6) is 0 Å². The van der Waals surface area contributed by atoms with Gasteiger partial charge in [0.15, 0.2) is 0 Å². The minimum Gasteiger partial charge on any atom is -0.379 e. The molecule has 6 rings (SSSR count). The zero-order valence-electron chi connectivity index (χ0n) is 21.9. The molecular weight excluding hydrogens is 514 g/mol. The molecule has 0 saturated carbocycles. The summed E-state index contributed by atoms with van der Waals surface area (Å²) in [7, 11) is 1.87. The van der Waals surface area contributed by atoms with E-state index in [0.717, 1.165) is 17.5 Å². The van der Waals surface area contributed by atoms with Gasteiger partial charge in [-0.25, -0.2) is 4.39 Å². The molecule has 1 aromatic heterocycles. The van der Waals surface area contributed by atoms with E-state index in [0.29, 0.717) is 30.9 Å². The Morgan fingerprint density at radius 1 is 1.15 bits per heavy atom. The van der Waals surface area contributed by atoms with Crippen LogP contribution in [0.25, 0.3) is 0 Å². The Morgan fingerprint density at radius 2 is 1.90 bits per heavy atom. The normalized spacial score (nSPS) is 20.9. The second-order valence-electron chi connectivity index (χ2n) is 11.3. The van der Waals surface area contributed by atoms with Gasteiger partial charge in [0, 0.05) is 49.3 Å². The number of hydrogen-bond acceptors (Lipinski definition) is 5. The van der Waals surface area contributed by atoms with Gasteiger partial charge in [0.05, 0.1) is 25.3 Å². The molecule has 11 heteroatoms. The third kappa shape index (κ3) is 4.41. The summed E-state index contributed by atoms with van der Waals surface area (Å²) in [5.41, 5.74) is -0.723. The summed E-state index contributed by atoms with van der Waals surface area (Å²) in [5, 5.41) is 8.15. The standard InChI is InChI=1S/C28H29F4N5O2/c1-17(36-12-26(2,29)13-36)18-7-21-22(23(8-18)28(30,31)32)11-37(25(21)38)20-6-4-5-19(9-20)27(14-39-15-27)10-24-34-33-16-35(24)3/h4-9,16-17H,10-15H2,1-3H3. The van der Waals surface area contributed by atoms with Gasteiger partial charge in [0.2, 0.25) is 0 Å². The third-order valence-electron chi connectivity index (χ3n) is 8.29. The fourth-order valence-corrected chi connectivity index (χ4v) is 5.91. The predicted molar refractivity (Wildman–Crippen MR) is 135 cm³/mol. The molecule has 2 fully saturated rings. The molecule has 4 heterocycles. The van der Waals surface area contributed by atoms with Crippen molar-refractivity contribution in [3.05, 3.63) is 76.4 Å². The smallest absolute Gasteiger partial charge is 0.379 e. The largest absolute Gasteiger partial charge is 0.416 e. The lowest BCUT2D eigenvalue weighted by Gasteiger charge is -2.46. The Balaban J connectivity index is 1.33. The van der Waals surface area contributed by atoms with Gasteiger partial charge >= 0.3 is 6.18 Å². The van der Waals surface area contributed by atoms with Crippen molar-refractivity contribution in [3.63, 3.8) is 0 Å². The molecule has 39 heavy (non-hydrogen) atoms. The maximum Gasteiger partial charge on any atom is 0.416 e.